The summed E-state index contributed by atoms with van der Waals surface area (Å²) >= 11 is 6.02. The summed E-state index contributed by atoms with van der Waals surface area (Å²) in [4.78, 5) is 12.0. The topological polar surface area (TPSA) is 26.3 Å². The van der Waals surface area contributed by atoms with Gasteiger partial charge in [-0.25, -0.2) is 0 Å². The second kappa shape index (κ2) is 4.82. The van der Waals surface area contributed by atoms with E-state index >= 15 is 0 Å². The molecular weight excluding hydrogens is 260 g/mol. The van der Waals surface area contributed by atoms with Crippen molar-refractivity contribution in [3.05, 3.63) is 28.8 Å². The Bertz CT molecular complexity index is 503. The SMILES string of the molecule is Cc1cc(OC2CC(=O)C23CCCCC3)ccc1Cl. The summed E-state index contributed by atoms with van der Waals surface area (Å²) < 4.78 is 6.07. The molecule has 2 nitrogen and oxygen atoms in total. The van der Waals surface area contributed by atoms with Crippen molar-refractivity contribution in [2.75, 3.05) is 0 Å². The number of halogens is 1. The molecule has 1 aromatic rings. The summed E-state index contributed by atoms with van der Waals surface area (Å²) in [7, 11) is 0. The molecule has 19 heavy (non-hydrogen) atoms. The number of ether oxygens (including phenoxy) is 1. The lowest BCUT2D eigenvalue weighted by Gasteiger charge is -2.49. The number of ketones is 1. The molecule has 2 saturated carbocycles. The van der Waals surface area contributed by atoms with Crippen LogP contribution in [0, 0.1) is 12.3 Å². The van der Waals surface area contributed by atoms with E-state index in [2.05, 4.69) is 0 Å². The molecule has 0 N–H and O–H groups in total. The molecule has 0 aliphatic heterocycles. The predicted octanol–water partition coefficient (Wildman–Crippen LogP) is 4.32. The second-order valence-electron chi connectivity index (χ2n) is 5.86. The summed E-state index contributed by atoms with van der Waals surface area (Å²) in [5, 5.41) is 0.754. The standard InChI is InChI=1S/C16H19ClO2/c1-11-9-12(5-6-13(11)17)19-15-10-14(18)16(15)7-3-2-4-8-16/h5-6,9,15H,2-4,7-8,10H2,1H3. The molecule has 0 heterocycles. The van der Waals surface area contributed by atoms with Crippen molar-refractivity contribution >= 4 is 17.4 Å². The molecule has 2 fully saturated rings. The molecule has 2 aliphatic rings. The van der Waals surface area contributed by atoms with E-state index in [0.29, 0.717) is 12.2 Å². The Labute approximate surface area is 119 Å². The van der Waals surface area contributed by atoms with Gasteiger partial charge in [0.25, 0.3) is 0 Å². The van der Waals surface area contributed by atoms with Gasteiger partial charge in [0.15, 0.2) is 0 Å². The zero-order valence-corrected chi connectivity index (χ0v) is 12.0. The fourth-order valence-corrected chi connectivity index (χ4v) is 3.53. The van der Waals surface area contributed by atoms with Gasteiger partial charge >= 0.3 is 0 Å². The summed E-state index contributed by atoms with van der Waals surface area (Å²) in [6.45, 7) is 1.97. The molecule has 1 spiro atoms. The summed E-state index contributed by atoms with van der Waals surface area (Å²) in [5.41, 5.74) is 0.841. The number of hydrogen-bond acceptors (Lipinski definition) is 2. The van der Waals surface area contributed by atoms with Gasteiger partial charge in [-0.3, -0.25) is 4.79 Å². The second-order valence-corrected chi connectivity index (χ2v) is 6.27. The maximum Gasteiger partial charge on any atom is 0.146 e. The van der Waals surface area contributed by atoms with E-state index in [1.807, 2.05) is 25.1 Å². The third kappa shape index (κ3) is 2.16. The van der Waals surface area contributed by atoms with E-state index < -0.39 is 0 Å². The third-order valence-corrected chi connectivity index (χ3v) is 5.12. The minimum atomic E-state index is -0.175. The van der Waals surface area contributed by atoms with Crippen LogP contribution in [-0.4, -0.2) is 11.9 Å². The molecule has 0 aromatic heterocycles. The van der Waals surface area contributed by atoms with Gasteiger partial charge in [-0.2, -0.15) is 0 Å². The smallest absolute Gasteiger partial charge is 0.146 e. The first-order valence-electron chi connectivity index (χ1n) is 7.08. The molecular formula is C16H19ClO2. The molecule has 0 bridgehead atoms. The van der Waals surface area contributed by atoms with Crippen molar-refractivity contribution in [1.82, 2.24) is 0 Å². The normalized spacial score (nSPS) is 25.2. The van der Waals surface area contributed by atoms with Crippen molar-refractivity contribution in [1.29, 1.82) is 0 Å². The number of hydrogen-bond donors (Lipinski definition) is 0. The molecule has 1 aromatic carbocycles. The van der Waals surface area contributed by atoms with E-state index in [1.54, 1.807) is 0 Å². The van der Waals surface area contributed by atoms with Crippen molar-refractivity contribution < 1.29 is 9.53 Å². The van der Waals surface area contributed by atoms with E-state index in [4.69, 9.17) is 16.3 Å². The number of rotatable bonds is 2. The zero-order valence-electron chi connectivity index (χ0n) is 11.2. The van der Waals surface area contributed by atoms with Crippen LogP contribution in [0.2, 0.25) is 5.02 Å². The van der Waals surface area contributed by atoms with Gasteiger partial charge in [0, 0.05) is 11.4 Å². The van der Waals surface area contributed by atoms with Crippen LogP contribution in [0.3, 0.4) is 0 Å². The summed E-state index contributed by atoms with van der Waals surface area (Å²) in [5.74, 6) is 1.24. The quantitative estimate of drug-likeness (QED) is 0.805. The molecule has 0 amide bonds. The molecule has 2 aliphatic carbocycles. The molecule has 1 unspecified atom stereocenters. The first kappa shape index (κ1) is 13.0. The van der Waals surface area contributed by atoms with E-state index in [0.717, 1.165) is 42.0 Å². The largest absolute Gasteiger partial charge is 0.489 e. The van der Waals surface area contributed by atoms with Gasteiger partial charge in [0.2, 0.25) is 0 Å². The van der Waals surface area contributed by atoms with Crippen LogP contribution in [0.1, 0.15) is 44.1 Å². The molecule has 3 rings (SSSR count). The average molecular weight is 279 g/mol. The van der Waals surface area contributed by atoms with Gasteiger partial charge in [0.1, 0.15) is 17.6 Å². The van der Waals surface area contributed by atoms with Gasteiger partial charge in [0.05, 0.1) is 5.41 Å². The first-order valence-corrected chi connectivity index (χ1v) is 7.46. The molecule has 102 valence electrons. The molecule has 3 heteroatoms. The highest BCUT2D eigenvalue weighted by Gasteiger charge is 2.56. The Morgan fingerprint density at radius 3 is 2.63 bits per heavy atom. The Kier molecular flexibility index (Phi) is 3.30. The summed E-state index contributed by atoms with van der Waals surface area (Å²) in [6, 6.07) is 5.72. The fraction of sp³-hybridized carbons (Fsp3) is 0.562. The van der Waals surface area contributed by atoms with E-state index in [-0.39, 0.29) is 11.5 Å². The number of Topliss-reactive ketones (excluding diaryl/α,β-unsaturated/α-hetero) is 1. The Morgan fingerprint density at radius 1 is 1.26 bits per heavy atom. The number of carbonyl (C=O) groups is 1. The van der Waals surface area contributed by atoms with Crippen molar-refractivity contribution in [2.45, 2.75) is 51.6 Å². The van der Waals surface area contributed by atoms with Crippen LogP contribution >= 0.6 is 11.6 Å². The highest BCUT2D eigenvalue weighted by molar-refractivity contribution is 6.31. The van der Waals surface area contributed by atoms with E-state index in [1.165, 1.54) is 6.42 Å². The van der Waals surface area contributed by atoms with Gasteiger partial charge < -0.3 is 4.74 Å². The van der Waals surface area contributed by atoms with Crippen LogP contribution in [0.25, 0.3) is 0 Å². The average Bonchev–Trinajstić information content (AvgIpc) is 2.43. The van der Waals surface area contributed by atoms with Gasteiger partial charge in [-0.15, -0.1) is 0 Å². The van der Waals surface area contributed by atoms with Crippen LogP contribution in [-0.2, 0) is 4.79 Å². The zero-order chi connectivity index (χ0) is 13.5. The number of benzene rings is 1. The van der Waals surface area contributed by atoms with Crippen molar-refractivity contribution in [3.8, 4) is 5.75 Å². The minimum absolute atomic E-state index is 0.0703. The van der Waals surface area contributed by atoms with Crippen molar-refractivity contribution in [2.24, 2.45) is 5.41 Å². The summed E-state index contributed by atoms with van der Waals surface area (Å²) in [6.07, 6.45) is 6.22. The lowest BCUT2D eigenvalue weighted by Crippen LogP contribution is -2.57. The third-order valence-electron chi connectivity index (χ3n) is 4.70. The monoisotopic (exact) mass is 278 g/mol. The maximum absolute atomic E-state index is 12.0. The highest BCUT2D eigenvalue weighted by atomic mass is 35.5. The lowest BCUT2D eigenvalue weighted by atomic mass is 9.57. The number of carbonyl (C=O) groups excluding carboxylic acids is 1. The Balaban J connectivity index is 1.76. The number of aryl methyl sites for hydroxylation is 1. The Morgan fingerprint density at radius 2 is 2.00 bits per heavy atom. The van der Waals surface area contributed by atoms with Crippen LogP contribution in [0.15, 0.2) is 18.2 Å². The first-order chi connectivity index (χ1) is 9.12. The van der Waals surface area contributed by atoms with Gasteiger partial charge in [-0.1, -0.05) is 30.9 Å². The minimum Gasteiger partial charge on any atom is -0.489 e. The maximum atomic E-state index is 12.0. The fourth-order valence-electron chi connectivity index (χ4n) is 3.41. The molecule has 1 atom stereocenters. The van der Waals surface area contributed by atoms with Gasteiger partial charge in [-0.05, 0) is 43.5 Å². The van der Waals surface area contributed by atoms with Crippen LogP contribution < -0.4 is 4.74 Å². The Hall–Kier alpha value is -1.02. The molecule has 0 saturated heterocycles. The predicted molar refractivity (Wildman–Crippen MR) is 75.7 cm³/mol. The lowest BCUT2D eigenvalue weighted by molar-refractivity contribution is -0.156. The van der Waals surface area contributed by atoms with E-state index in [9.17, 15) is 4.79 Å². The highest BCUT2D eigenvalue weighted by Crippen LogP contribution is 2.50. The van der Waals surface area contributed by atoms with Crippen LogP contribution in [0.5, 0.6) is 5.75 Å². The van der Waals surface area contributed by atoms with Crippen LogP contribution in [0.4, 0.5) is 0 Å². The van der Waals surface area contributed by atoms with Crippen molar-refractivity contribution in [3.63, 3.8) is 0 Å². The molecule has 0 radical (unpaired) electrons.